The number of hydrogen-bond acceptors (Lipinski definition) is 6. The molecule has 0 aromatic heterocycles. The second kappa shape index (κ2) is 13.2. The Labute approximate surface area is 270 Å². The lowest BCUT2D eigenvalue weighted by molar-refractivity contribution is -0.135. The third-order valence-corrected chi connectivity index (χ3v) is 8.12. The van der Waals surface area contributed by atoms with Crippen LogP contribution in [0.1, 0.15) is 39.7 Å². The number of carbonyl (C=O) groups is 1. The Kier molecular flexibility index (Phi) is 8.74. The van der Waals surface area contributed by atoms with Crippen LogP contribution in [0.2, 0.25) is 10.0 Å². The van der Waals surface area contributed by atoms with Gasteiger partial charge in [-0.2, -0.15) is 5.26 Å². The quantitative estimate of drug-likeness (QED) is 0.136. The molecule has 0 fully saturated rings. The van der Waals surface area contributed by atoms with E-state index in [0.29, 0.717) is 32.9 Å². The molecule has 0 saturated heterocycles. The second-order valence-electron chi connectivity index (χ2n) is 10.4. The number of benzene rings is 5. The van der Waals surface area contributed by atoms with Crippen LogP contribution in [-0.4, -0.2) is 5.97 Å². The summed E-state index contributed by atoms with van der Waals surface area (Å²) in [5.41, 5.74) is 10.5. The first-order chi connectivity index (χ1) is 21.9. The van der Waals surface area contributed by atoms with Crippen molar-refractivity contribution in [3.63, 3.8) is 0 Å². The molecule has 6 rings (SSSR count). The molecule has 1 unspecified atom stereocenters. The molecule has 0 spiro atoms. The highest BCUT2D eigenvalue weighted by molar-refractivity contribution is 6.35. The molecule has 0 aliphatic carbocycles. The minimum atomic E-state index is -0.622. The van der Waals surface area contributed by atoms with Crippen LogP contribution >= 0.6 is 23.2 Å². The first kappa shape index (κ1) is 29.8. The average molecular weight is 634 g/mol. The minimum Gasteiger partial charge on any atom is -0.489 e. The Hall–Kier alpha value is -5.22. The summed E-state index contributed by atoms with van der Waals surface area (Å²) in [6, 6.07) is 38.9. The largest absolute Gasteiger partial charge is 0.489 e. The molecule has 1 aliphatic rings. The van der Waals surface area contributed by atoms with Gasteiger partial charge in [-0.15, -0.1) is 0 Å². The highest BCUT2D eigenvalue weighted by atomic mass is 35.5. The van der Waals surface area contributed by atoms with Crippen LogP contribution in [0.25, 0.3) is 0 Å². The molecule has 45 heavy (non-hydrogen) atoms. The molecule has 0 radical (unpaired) electrons. The van der Waals surface area contributed by atoms with E-state index in [1.807, 2.05) is 91.0 Å². The molecule has 1 heterocycles. The number of nitrogens with zero attached hydrogens (tertiary/aromatic N) is 1. The number of ether oxygens (including phenoxy) is 3. The summed E-state index contributed by atoms with van der Waals surface area (Å²) in [5, 5.41) is 11.1. The number of esters is 1. The van der Waals surface area contributed by atoms with Gasteiger partial charge in [0.1, 0.15) is 41.4 Å². The number of fused-ring (bicyclic) bond motifs is 1. The predicted molar refractivity (Wildman–Crippen MR) is 173 cm³/mol. The maximum Gasteiger partial charge on any atom is 0.323 e. The van der Waals surface area contributed by atoms with Gasteiger partial charge in [0, 0.05) is 27.2 Å². The van der Waals surface area contributed by atoms with Crippen molar-refractivity contribution in [3.05, 3.63) is 171 Å². The van der Waals surface area contributed by atoms with Gasteiger partial charge in [0.2, 0.25) is 5.88 Å². The zero-order valence-electron chi connectivity index (χ0n) is 23.8. The molecular formula is C37H26Cl2N2O4. The van der Waals surface area contributed by atoms with Crippen molar-refractivity contribution in [2.75, 3.05) is 0 Å². The van der Waals surface area contributed by atoms with Crippen molar-refractivity contribution in [2.45, 2.75) is 18.4 Å². The van der Waals surface area contributed by atoms with E-state index in [1.54, 1.807) is 30.3 Å². The van der Waals surface area contributed by atoms with Crippen LogP contribution in [0, 0.1) is 11.3 Å². The Morgan fingerprint density at radius 1 is 0.844 bits per heavy atom. The summed E-state index contributed by atoms with van der Waals surface area (Å²) in [5.74, 6) is -0.240. The van der Waals surface area contributed by atoms with Crippen molar-refractivity contribution in [2.24, 2.45) is 5.73 Å². The molecule has 0 saturated carbocycles. The molecule has 0 bridgehead atoms. The molecular weight excluding hydrogens is 607 g/mol. The van der Waals surface area contributed by atoms with Crippen LogP contribution in [-0.2, 0) is 11.4 Å². The van der Waals surface area contributed by atoms with Crippen molar-refractivity contribution < 1.29 is 19.0 Å². The fourth-order valence-corrected chi connectivity index (χ4v) is 5.79. The fraction of sp³-hybridized carbons (Fsp3) is 0.0811. The average Bonchev–Trinajstić information content (AvgIpc) is 3.05. The maximum atomic E-state index is 13.6. The molecule has 0 amide bonds. The van der Waals surface area contributed by atoms with E-state index < -0.39 is 17.8 Å². The van der Waals surface area contributed by atoms with E-state index in [9.17, 15) is 10.1 Å². The minimum absolute atomic E-state index is 0.0115. The van der Waals surface area contributed by atoms with Crippen molar-refractivity contribution >= 4 is 29.2 Å². The highest BCUT2D eigenvalue weighted by Crippen LogP contribution is 2.44. The molecule has 6 nitrogen and oxygen atoms in total. The number of allylic oxidation sites excluding steroid dienone is 1. The van der Waals surface area contributed by atoms with Gasteiger partial charge in [0.15, 0.2) is 0 Å². The highest BCUT2D eigenvalue weighted by Gasteiger charge is 2.32. The first-order valence-electron chi connectivity index (χ1n) is 14.1. The van der Waals surface area contributed by atoms with E-state index in [4.69, 9.17) is 43.1 Å². The Balaban J connectivity index is 1.24. The van der Waals surface area contributed by atoms with Gasteiger partial charge >= 0.3 is 5.97 Å². The fourth-order valence-electron chi connectivity index (χ4n) is 5.33. The topological polar surface area (TPSA) is 94.6 Å². The van der Waals surface area contributed by atoms with Crippen molar-refractivity contribution in [1.29, 1.82) is 5.26 Å². The van der Waals surface area contributed by atoms with Gasteiger partial charge in [-0.05, 0) is 47.0 Å². The van der Waals surface area contributed by atoms with Gasteiger partial charge in [-0.3, -0.25) is 4.79 Å². The lowest BCUT2D eigenvalue weighted by atomic mass is 9.83. The van der Waals surface area contributed by atoms with Gasteiger partial charge in [0.25, 0.3) is 0 Å². The number of rotatable bonds is 8. The predicted octanol–water partition coefficient (Wildman–Crippen LogP) is 8.53. The summed E-state index contributed by atoms with van der Waals surface area (Å²) >= 11 is 12.3. The summed E-state index contributed by atoms with van der Waals surface area (Å²) in [6.07, 6.45) is 0. The van der Waals surface area contributed by atoms with E-state index in [1.165, 1.54) is 0 Å². The lowest BCUT2D eigenvalue weighted by Gasteiger charge is -2.27. The summed E-state index contributed by atoms with van der Waals surface area (Å²) in [6.45, 7) is 0.267. The number of nitriles is 1. The number of hydrogen-bond donors (Lipinski definition) is 1. The monoisotopic (exact) mass is 632 g/mol. The molecule has 1 aliphatic heterocycles. The van der Waals surface area contributed by atoms with E-state index in [2.05, 4.69) is 6.07 Å². The summed E-state index contributed by atoms with van der Waals surface area (Å²) < 4.78 is 17.7. The Morgan fingerprint density at radius 2 is 1.49 bits per heavy atom. The number of carbonyl (C=O) groups excluding carboxylic acids is 1. The standard InChI is InChI=1S/C37H26Cl2N2O4/c38-27-14-11-26(32(39)19-27)22-43-28-15-12-25(13-16-28)35-30-18-17-29(20-33(30)45-36(41)31(35)21-40)44-37(42)34(23-7-3-1-4-8-23)24-9-5-2-6-10-24/h1-20,34-35H,22,41H2. The first-order valence-corrected chi connectivity index (χ1v) is 14.9. The van der Waals surface area contributed by atoms with E-state index >= 15 is 0 Å². The molecule has 2 N–H and O–H groups in total. The van der Waals surface area contributed by atoms with Gasteiger partial charge in [-0.25, -0.2) is 0 Å². The normalized spacial score (nSPS) is 13.9. The molecule has 1 atom stereocenters. The molecule has 222 valence electrons. The van der Waals surface area contributed by atoms with Crippen LogP contribution in [0.4, 0.5) is 0 Å². The van der Waals surface area contributed by atoms with Crippen LogP contribution < -0.4 is 19.9 Å². The molecule has 8 heteroatoms. The van der Waals surface area contributed by atoms with E-state index in [-0.39, 0.29) is 18.1 Å². The number of halogens is 2. The summed E-state index contributed by atoms with van der Waals surface area (Å²) in [7, 11) is 0. The number of nitrogens with two attached hydrogens (primary N) is 1. The third kappa shape index (κ3) is 6.51. The Morgan fingerprint density at radius 3 is 2.11 bits per heavy atom. The second-order valence-corrected chi connectivity index (χ2v) is 11.2. The molecule has 5 aromatic rings. The van der Waals surface area contributed by atoms with Crippen molar-refractivity contribution in [3.8, 4) is 23.3 Å². The molecule has 5 aromatic carbocycles. The van der Waals surface area contributed by atoms with Crippen LogP contribution in [0.3, 0.4) is 0 Å². The zero-order valence-corrected chi connectivity index (χ0v) is 25.3. The summed E-state index contributed by atoms with van der Waals surface area (Å²) in [4.78, 5) is 13.6. The lowest BCUT2D eigenvalue weighted by Crippen LogP contribution is -2.22. The van der Waals surface area contributed by atoms with Crippen LogP contribution in [0.5, 0.6) is 17.2 Å². The smallest absolute Gasteiger partial charge is 0.323 e. The third-order valence-electron chi connectivity index (χ3n) is 7.53. The van der Waals surface area contributed by atoms with Crippen molar-refractivity contribution in [1.82, 2.24) is 0 Å². The zero-order chi connectivity index (χ0) is 31.3. The Bertz CT molecular complexity index is 1880. The van der Waals surface area contributed by atoms with Gasteiger partial charge in [-0.1, -0.05) is 108 Å². The van der Waals surface area contributed by atoms with E-state index in [0.717, 1.165) is 22.3 Å². The van der Waals surface area contributed by atoms with Gasteiger partial charge < -0.3 is 19.9 Å². The maximum absolute atomic E-state index is 13.6. The SMILES string of the molecule is N#CC1=C(N)Oc2cc(OC(=O)C(c3ccccc3)c3ccccc3)ccc2C1c1ccc(OCc2ccc(Cl)cc2Cl)cc1. The van der Waals surface area contributed by atoms with Crippen LogP contribution in [0.15, 0.2) is 133 Å². The van der Waals surface area contributed by atoms with Gasteiger partial charge in [0.05, 0.1) is 5.92 Å².